The van der Waals surface area contributed by atoms with Crippen molar-refractivity contribution in [2.75, 3.05) is 13.2 Å². The second-order valence-electron chi connectivity index (χ2n) is 11.5. The van der Waals surface area contributed by atoms with Crippen molar-refractivity contribution in [3.8, 4) is 0 Å². The summed E-state index contributed by atoms with van der Waals surface area (Å²) < 4.78 is 10.3. The lowest BCUT2D eigenvalue weighted by molar-refractivity contribution is -0.174. The number of hydrogen-bond donors (Lipinski definition) is 1. The number of fused-ring (bicyclic) bond motifs is 3. The zero-order valence-electron chi connectivity index (χ0n) is 19.9. The second-order valence-corrected chi connectivity index (χ2v) is 12.3. The van der Waals surface area contributed by atoms with E-state index in [1.807, 2.05) is 13.0 Å². The van der Waals surface area contributed by atoms with E-state index in [2.05, 4.69) is 33.8 Å². The van der Waals surface area contributed by atoms with Gasteiger partial charge in [-0.05, 0) is 60.7 Å². The molecule has 0 heterocycles. The maximum atomic E-state index is 13.3. The summed E-state index contributed by atoms with van der Waals surface area (Å²) in [7, 11) is 0. The molecule has 0 aromatic rings. The third kappa shape index (κ3) is 4.42. The van der Waals surface area contributed by atoms with Gasteiger partial charge in [0.2, 0.25) is 0 Å². The molecule has 0 spiro atoms. The van der Waals surface area contributed by atoms with E-state index in [-0.39, 0.29) is 35.9 Å². The topological polar surface area (TPSA) is 72.8 Å². The molecule has 3 rings (SSSR count). The van der Waals surface area contributed by atoms with E-state index in [4.69, 9.17) is 21.1 Å². The first kappa shape index (κ1) is 24.6. The minimum Gasteiger partial charge on any atom is -0.463 e. The highest BCUT2D eigenvalue weighted by Gasteiger charge is 2.64. The molecule has 0 bridgehead atoms. The van der Waals surface area contributed by atoms with Crippen molar-refractivity contribution in [3.05, 3.63) is 12.2 Å². The van der Waals surface area contributed by atoms with Gasteiger partial charge in [0.1, 0.15) is 19.3 Å². The Morgan fingerprint density at radius 1 is 1.06 bits per heavy atom. The Bertz CT molecular complexity index is 744. The van der Waals surface area contributed by atoms with E-state index >= 15 is 0 Å². The van der Waals surface area contributed by atoms with Gasteiger partial charge >= 0.3 is 11.9 Å². The van der Waals surface area contributed by atoms with E-state index in [1.165, 1.54) is 19.8 Å². The molecule has 0 unspecified atom stereocenters. The Morgan fingerprint density at radius 3 is 2.35 bits per heavy atom. The molecule has 31 heavy (non-hydrogen) atoms. The Balaban J connectivity index is 1.84. The van der Waals surface area contributed by atoms with Crippen molar-refractivity contribution >= 4 is 23.5 Å². The van der Waals surface area contributed by atoms with Crippen LogP contribution in [0.4, 0.5) is 0 Å². The quantitative estimate of drug-likeness (QED) is 0.364. The number of aliphatic hydroxyl groups excluding tert-OH is 1. The summed E-state index contributed by atoms with van der Waals surface area (Å²) in [5.74, 6) is -0.521. The number of esters is 2. The highest BCUT2D eigenvalue weighted by atomic mass is 35.5. The lowest BCUT2D eigenvalue weighted by atomic mass is 9.40. The highest BCUT2D eigenvalue weighted by Crippen LogP contribution is 2.68. The van der Waals surface area contributed by atoms with Crippen molar-refractivity contribution in [3.63, 3.8) is 0 Å². The molecule has 2 saturated carbocycles. The number of aliphatic hydroxyl groups is 1. The highest BCUT2D eigenvalue weighted by molar-refractivity contribution is 6.26. The van der Waals surface area contributed by atoms with Gasteiger partial charge in [0.15, 0.2) is 0 Å². The average molecular weight is 455 g/mol. The number of carbonyl (C=O) groups excluding carboxylic acids is 2. The van der Waals surface area contributed by atoms with Crippen LogP contribution in [0, 0.1) is 34.0 Å². The minimum atomic E-state index is -1.05. The van der Waals surface area contributed by atoms with Crippen molar-refractivity contribution in [2.24, 2.45) is 34.0 Å². The van der Waals surface area contributed by atoms with E-state index in [0.717, 1.165) is 19.3 Å². The molecule has 0 aliphatic heterocycles. The lowest BCUT2D eigenvalue weighted by Gasteiger charge is -2.65. The van der Waals surface area contributed by atoms with Gasteiger partial charge in [-0.2, -0.15) is 0 Å². The fourth-order valence-corrected chi connectivity index (χ4v) is 7.85. The smallest absolute Gasteiger partial charge is 0.311 e. The second kappa shape index (κ2) is 8.37. The maximum absolute atomic E-state index is 13.3. The molecule has 0 saturated heterocycles. The minimum absolute atomic E-state index is 0.117. The van der Waals surface area contributed by atoms with Gasteiger partial charge < -0.3 is 14.6 Å². The van der Waals surface area contributed by atoms with Gasteiger partial charge in [-0.25, -0.2) is 0 Å². The summed E-state index contributed by atoms with van der Waals surface area (Å²) in [6.45, 7) is 12.1. The SMILES string of the molecule is CC(=O)OC[C@H](O)COC(=O)[C@@H]1[C@@]2(C)CC[C@@H]3C(C)(C)CCC[C@@]3(C)[C@@H]2C=C[C@]1(C)Cl. The monoisotopic (exact) mass is 454 g/mol. The van der Waals surface area contributed by atoms with Crippen LogP contribution in [0.2, 0.25) is 0 Å². The standard InChI is InChI=1S/C25H39ClO5/c1-16(27)30-14-17(28)15-31-21(29)20-24(5)12-8-18-22(2,3)10-7-11-23(18,4)19(24)9-13-25(20,6)26/h9,13,17-20,28H,7-8,10-12,14-15H2,1-6H3/t17-,18+,19-,20+,23+,24-,25-/m0/s1. The van der Waals surface area contributed by atoms with Crippen LogP contribution in [0.5, 0.6) is 0 Å². The molecule has 3 aliphatic carbocycles. The number of halogens is 1. The van der Waals surface area contributed by atoms with Crippen LogP contribution in [0.1, 0.15) is 73.6 Å². The van der Waals surface area contributed by atoms with Crippen molar-refractivity contribution in [1.29, 1.82) is 0 Å². The molecule has 1 N–H and O–H groups in total. The summed E-state index contributed by atoms with van der Waals surface area (Å²) in [6.07, 6.45) is 8.84. The Kier molecular flexibility index (Phi) is 6.63. The number of allylic oxidation sites excluding steroid dienone is 2. The van der Waals surface area contributed by atoms with Gasteiger partial charge in [0.05, 0.1) is 10.8 Å². The number of alkyl halides is 1. The van der Waals surface area contributed by atoms with Crippen molar-refractivity contribution in [2.45, 2.75) is 84.6 Å². The molecular weight excluding hydrogens is 416 g/mol. The molecule has 5 nitrogen and oxygen atoms in total. The van der Waals surface area contributed by atoms with Gasteiger partial charge in [-0.15, -0.1) is 11.6 Å². The number of carbonyl (C=O) groups is 2. The van der Waals surface area contributed by atoms with E-state index in [1.54, 1.807) is 0 Å². The largest absolute Gasteiger partial charge is 0.463 e. The number of ether oxygens (including phenoxy) is 2. The van der Waals surface area contributed by atoms with Crippen LogP contribution in [-0.4, -0.2) is 41.2 Å². The van der Waals surface area contributed by atoms with Crippen LogP contribution in [0.25, 0.3) is 0 Å². The fourth-order valence-electron chi connectivity index (χ4n) is 7.43. The summed E-state index contributed by atoms with van der Waals surface area (Å²) in [5.41, 5.74) is 0.0918. The lowest BCUT2D eigenvalue weighted by Crippen LogP contribution is -2.61. The molecular formula is C25H39ClO5. The summed E-state index contributed by atoms with van der Waals surface area (Å²) in [4.78, 5) is 23.4. The van der Waals surface area contributed by atoms with Crippen LogP contribution in [0.3, 0.4) is 0 Å². The maximum Gasteiger partial charge on any atom is 0.311 e. The predicted molar refractivity (Wildman–Crippen MR) is 121 cm³/mol. The molecule has 176 valence electrons. The zero-order valence-corrected chi connectivity index (χ0v) is 20.6. The molecule has 7 atom stereocenters. The van der Waals surface area contributed by atoms with E-state index in [9.17, 15) is 14.7 Å². The molecule has 0 amide bonds. The Labute approximate surface area is 191 Å². The van der Waals surface area contributed by atoms with Gasteiger partial charge in [-0.1, -0.05) is 46.3 Å². The van der Waals surface area contributed by atoms with Crippen LogP contribution in [0.15, 0.2) is 12.2 Å². The van der Waals surface area contributed by atoms with Crippen LogP contribution in [-0.2, 0) is 19.1 Å². The van der Waals surface area contributed by atoms with Gasteiger partial charge in [0.25, 0.3) is 0 Å². The summed E-state index contributed by atoms with van der Waals surface area (Å²) >= 11 is 6.92. The fraction of sp³-hybridized carbons (Fsp3) is 0.840. The van der Waals surface area contributed by atoms with Crippen LogP contribution >= 0.6 is 11.6 Å². The first-order valence-corrected chi connectivity index (χ1v) is 12.0. The Hall–Kier alpha value is -1.07. The summed E-state index contributed by atoms with van der Waals surface area (Å²) in [5, 5.41) is 10.0. The van der Waals surface area contributed by atoms with Crippen molar-refractivity contribution in [1.82, 2.24) is 0 Å². The molecule has 3 aliphatic rings. The average Bonchev–Trinajstić information content (AvgIpc) is 2.62. The summed E-state index contributed by atoms with van der Waals surface area (Å²) in [6, 6.07) is 0. The molecule has 2 fully saturated rings. The Morgan fingerprint density at radius 2 is 1.71 bits per heavy atom. The molecule has 0 aromatic heterocycles. The first-order valence-electron chi connectivity index (χ1n) is 11.6. The van der Waals surface area contributed by atoms with E-state index in [0.29, 0.717) is 11.3 Å². The third-order valence-electron chi connectivity index (χ3n) is 8.64. The molecule has 0 radical (unpaired) electrons. The number of rotatable bonds is 5. The van der Waals surface area contributed by atoms with E-state index < -0.39 is 22.9 Å². The van der Waals surface area contributed by atoms with Crippen molar-refractivity contribution < 1.29 is 24.2 Å². The van der Waals surface area contributed by atoms with Gasteiger partial charge in [-0.3, -0.25) is 9.59 Å². The molecule has 6 heteroatoms. The first-order chi connectivity index (χ1) is 14.2. The zero-order chi connectivity index (χ0) is 23.2. The number of hydrogen-bond acceptors (Lipinski definition) is 5. The molecule has 0 aromatic carbocycles. The third-order valence-corrected chi connectivity index (χ3v) is 8.98. The van der Waals surface area contributed by atoms with Gasteiger partial charge in [0, 0.05) is 6.92 Å². The van der Waals surface area contributed by atoms with Crippen LogP contribution < -0.4 is 0 Å². The normalized spacial score (nSPS) is 42.1. The predicted octanol–water partition coefficient (Wildman–Crippen LogP) is 4.89.